The Hall–Kier alpha value is -1.60. The van der Waals surface area contributed by atoms with Crippen LogP contribution >= 0.6 is 0 Å². The quantitative estimate of drug-likeness (QED) is 0.0936. The van der Waals surface area contributed by atoms with E-state index in [2.05, 4.69) is 59.3 Å². The molecule has 7 nitrogen and oxygen atoms in total. The molecular weight excluding hydrogens is 598 g/mol. The number of rotatable bonds is 19. The van der Waals surface area contributed by atoms with Gasteiger partial charge in [-0.15, -0.1) is 0 Å². The van der Waals surface area contributed by atoms with Gasteiger partial charge < -0.3 is 5.73 Å². The van der Waals surface area contributed by atoms with Gasteiger partial charge in [0.25, 0.3) is 5.91 Å². The molecule has 0 aromatic carbocycles. The summed E-state index contributed by atoms with van der Waals surface area (Å²) < 4.78 is 0. The van der Waals surface area contributed by atoms with E-state index in [0.29, 0.717) is 36.0 Å². The topological polar surface area (TPSA) is 118 Å². The fourth-order valence-electron chi connectivity index (χ4n) is 9.56. The van der Waals surface area contributed by atoms with Crippen LogP contribution in [0.25, 0.3) is 0 Å². The summed E-state index contributed by atoms with van der Waals surface area (Å²) in [6.07, 6.45) is 17.2. The van der Waals surface area contributed by atoms with Gasteiger partial charge in [0.2, 0.25) is 5.78 Å². The molecule has 0 aromatic rings. The van der Waals surface area contributed by atoms with E-state index in [-0.39, 0.29) is 53.2 Å². The molecule has 9 atom stereocenters. The highest BCUT2D eigenvalue weighted by Gasteiger charge is 2.52. The minimum atomic E-state index is -0.949. The lowest BCUT2D eigenvalue weighted by molar-refractivity contribution is -0.143. The number of hydrazine groups is 1. The lowest BCUT2D eigenvalue weighted by Crippen LogP contribution is -2.63. The van der Waals surface area contributed by atoms with Gasteiger partial charge in [0, 0.05) is 29.7 Å². The summed E-state index contributed by atoms with van der Waals surface area (Å²) >= 11 is 0. The second-order valence-electron chi connectivity index (χ2n) is 17.9. The monoisotopic (exact) mass is 672 g/mol. The van der Waals surface area contributed by atoms with E-state index >= 15 is 0 Å². The summed E-state index contributed by atoms with van der Waals surface area (Å²) in [4.78, 5) is 53.3. The van der Waals surface area contributed by atoms with Gasteiger partial charge in [-0.25, -0.2) is 5.43 Å². The summed E-state index contributed by atoms with van der Waals surface area (Å²) in [7, 11) is 0. The molecule has 0 radical (unpaired) electrons. The van der Waals surface area contributed by atoms with Crippen LogP contribution in [0.4, 0.5) is 0 Å². The first-order valence-electron chi connectivity index (χ1n) is 20.1. The maximum atomic E-state index is 14.8. The minimum Gasteiger partial charge on any atom is -0.363 e. The van der Waals surface area contributed by atoms with Crippen molar-refractivity contribution in [3.63, 3.8) is 0 Å². The maximum absolute atomic E-state index is 14.8. The maximum Gasteiger partial charge on any atom is 0.285 e. The molecular formula is C41H73N3O4. The molecule has 0 spiro atoms. The molecule has 3 aliphatic rings. The molecule has 0 aliphatic heterocycles. The van der Waals surface area contributed by atoms with Gasteiger partial charge in [-0.2, -0.15) is 0 Å². The Morgan fingerprint density at radius 2 is 1.65 bits per heavy atom. The number of nitrogens with two attached hydrogens (primary N) is 1. The third-order valence-corrected chi connectivity index (χ3v) is 13.0. The fraction of sp³-hybridized carbons (Fsp3) is 0.902. The van der Waals surface area contributed by atoms with E-state index < -0.39 is 17.6 Å². The Kier molecular flexibility index (Phi) is 15.8. The molecule has 1 amide bonds. The van der Waals surface area contributed by atoms with Crippen LogP contribution in [0.1, 0.15) is 171 Å². The van der Waals surface area contributed by atoms with Crippen molar-refractivity contribution in [2.45, 2.75) is 183 Å². The second-order valence-corrected chi connectivity index (χ2v) is 17.9. The zero-order valence-corrected chi connectivity index (χ0v) is 32.1. The SMILES string of the molecule is CCCC[C@H](CC(=O)[C@H]1CC2C(=O)[C@@H](NNC3(CCCC(C)(C)C)CCCCC3)C(CC(C)CC)CC2[C@H](C(C)CC)C1)C(=O)C(N)=O. The average Bonchev–Trinajstić information content (AvgIpc) is 3.05. The number of carbonyl (C=O) groups is 4. The molecule has 0 bridgehead atoms. The number of ketones is 3. The van der Waals surface area contributed by atoms with Gasteiger partial charge in [0.05, 0.1) is 6.04 Å². The Morgan fingerprint density at radius 3 is 2.23 bits per heavy atom. The zero-order valence-electron chi connectivity index (χ0n) is 32.1. The van der Waals surface area contributed by atoms with Crippen molar-refractivity contribution in [1.82, 2.24) is 10.9 Å². The van der Waals surface area contributed by atoms with Crippen LogP contribution in [-0.2, 0) is 19.2 Å². The fourth-order valence-corrected chi connectivity index (χ4v) is 9.56. The number of primary amides is 1. The number of fused-ring (bicyclic) bond motifs is 1. The van der Waals surface area contributed by atoms with Crippen molar-refractivity contribution >= 4 is 23.3 Å². The Bertz CT molecular complexity index is 1060. The highest BCUT2D eigenvalue weighted by molar-refractivity contribution is 6.36. The largest absolute Gasteiger partial charge is 0.363 e. The summed E-state index contributed by atoms with van der Waals surface area (Å²) in [5.74, 6) is -0.540. The molecule has 7 heteroatoms. The number of nitrogens with one attached hydrogen (secondary N) is 2. The van der Waals surface area contributed by atoms with E-state index in [4.69, 9.17) is 5.73 Å². The Balaban J connectivity index is 1.87. The van der Waals surface area contributed by atoms with Gasteiger partial charge in [-0.3, -0.25) is 24.6 Å². The van der Waals surface area contributed by atoms with E-state index in [1.165, 1.54) is 32.1 Å². The average molecular weight is 672 g/mol. The number of Topliss-reactive ketones (excluding diaryl/α,β-unsaturated/α-hetero) is 3. The van der Waals surface area contributed by atoms with E-state index in [1.807, 2.05) is 6.92 Å². The van der Waals surface area contributed by atoms with Crippen LogP contribution < -0.4 is 16.6 Å². The molecule has 4 N–H and O–H groups in total. The second kappa shape index (κ2) is 18.6. The molecule has 3 aliphatic carbocycles. The summed E-state index contributed by atoms with van der Waals surface area (Å²) in [6, 6.07) is -0.262. The summed E-state index contributed by atoms with van der Waals surface area (Å²) in [5, 5.41) is 0. The normalized spacial score (nSPS) is 29.5. The first-order valence-corrected chi connectivity index (χ1v) is 20.1. The predicted molar refractivity (Wildman–Crippen MR) is 196 cm³/mol. The number of hydrogen-bond acceptors (Lipinski definition) is 6. The van der Waals surface area contributed by atoms with Gasteiger partial charge in [-0.1, -0.05) is 107 Å². The molecule has 0 saturated heterocycles. The highest BCUT2D eigenvalue weighted by Crippen LogP contribution is 2.51. The number of amides is 1. The van der Waals surface area contributed by atoms with Crippen molar-refractivity contribution in [1.29, 1.82) is 0 Å². The number of hydrogen-bond donors (Lipinski definition) is 3. The predicted octanol–water partition coefficient (Wildman–Crippen LogP) is 8.52. The van der Waals surface area contributed by atoms with Crippen LogP contribution in [0.5, 0.6) is 0 Å². The Labute approximate surface area is 293 Å². The molecule has 276 valence electrons. The standard InChI is InChI=1S/C41H73N3O4/c1-9-12-17-29(37(46)39(42)48)26-35(45)30-23-32(28(5)11-3)33-25-31(22-27(4)10-2)36(38(47)34(33)24-30)43-44-41(19-14-13-15-20-41)21-16-18-40(6,7)8/h27-34,36,43-44H,9-26H2,1-8H3,(H2,42,48)/t27?,28?,29-,30-,31?,32+,33?,34?,36+/m1/s1. The van der Waals surface area contributed by atoms with E-state index in [0.717, 1.165) is 64.2 Å². The molecule has 3 saturated carbocycles. The van der Waals surface area contributed by atoms with Crippen molar-refractivity contribution in [3.05, 3.63) is 0 Å². The summed E-state index contributed by atoms with van der Waals surface area (Å²) in [6.45, 7) is 18.1. The first kappa shape index (κ1) is 40.8. The van der Waals surface area contributed by atoms with Crippen LogP contribution in [-0.4, -0.2) is 34.8 Å². The molecule has 3 rings (SSSR count). The molecule has 0 aromatic heterocycles. The van der Waals surface area contributed by atoms with Gasteiger partial charge in [0.15, 0.2) is 5.78 Å². The van der Waals surface area contributed by atoms with E-state index in [9.17, 15) is 19.2 Å². The number of carbonyl (C=O) groups excluding carboxylic acids is 4. The number of unbranched alkanes of at least 4 members (excludes halogenated alkanes) is 1. The first-order chi connectivity index (χ1) is 22.6. The van der Waals surface area contributed by atoms with Crippen LogP contribution in [0, 0.1) is 52.8 Å². The lowest BCUT2D eigenvalue weighted by Gasteiger charge is -2.51. The molecule has 0 heterocycles. The van der Waals surface area contributed by atoms with Crippen molar-refractivity contribution in [2.24, 2.45) is 58.5 Å². The van der Waals surface area contributed by atoms with Crippen LogP contribution in [0.3, 0.4) is 0 Å². The van der Waals surface area contributed by atoms with Gasteiger partial charge in [0.1, 0.15) is 5.78 Å². The molecule has 3 fully saturated rings. The van der Waals surface area contributed by atoms with Crippen molar-refractivity contribution in [3.8, 4) is 0 Å². The third-order valence-electron chi connectivity index (χ3n) is 13.0. The minimum absolute atomic E-state index is 0.0202. The molecule has 48 heavy (non-hydrogen) atoms. The zero-order chi connectivity index (χ0) is 35.6. The highest BCUT2D eigenvalue weighted by atomic mass is 16.2. The molecule has 5 unspecified atom stereocenters. The van der Waals surface area contributed by atoms with E-state index in [1.54, 1.807) is 0 Å². The van der Waals surface area contributed by atoms with Gasteiger partial charge >= 0.3 is 0 Å². The lowest BCUT2D eigenvalue weighted by atomic mass is 9.55. The summed E-state index contributed by atoms with van der Waals surface area (Å²) in [5.41, 5.74) is 13.3. The van der Waals surface area contributed by atoms with Crippen molar-refractivity contribution < 1.29 is 19.2 Å². The van der Waals surface area contributed by atoms with Crippen LogP contribution in [0.2, 0.25) is 0 Å². The smallest absolute Gasteiger partial charge is 0.285 e. The van der Waals surface area contributed by atoms with Crippen molar-refractivity contribution in [2.75, 3.05) is 0 Å². The Morgan fingerprint density at radius 1 is 0.958 bits per heavy atom. The van der Waals surface area contributed by atoms with Crippen LogP contribution in [0.15, 0.2) is 0 Å². The van der Waals surface area contributed by atoms with Gasteiger partial charge in [-0.05, 0) is 92.8 Å². The third kappa shape index (κ3) is 11.2.